The molecule has 0 aliphatic heterocycles. The lowest BCUT2D eigenvalue weighted by Gasteiger charge is -2.28. The zero-order valence-electron chi connectivity index (χ0n) is 29.7. The Hall–Kier alpha value is 1.43. The fourth-order valence-electron chi connectivity index (χ4n) is 5.19. The number of aryl methyl sites for hydroxylation is 4. The highest BCUT2D eigenvalue weighted by atomic mass is 34.0. The maximum absolute atomic E-state index is 6.07. The molecule has 16 heteroatoms. The average Bonchev–Trinajstić information content (AvgIpc) is 3.05. The molecule has 0 aliphatic carbocycles. The van der Waals surface area contributed by atoms with E-state index < -0.39 is 17.6 Å². The van der Waals surface area contributed by atoms with Crippen molar-refractivity contribution in [1.29, 1.82) is 0 Å². The summed E-state index contributed by atoms with van der Waals surface area (Å²) in [6, 6.07) is 14.9. The molecule has 0 aliphatic rings. The Balaban J connectivity index is 1.80. The Labute approximate surface area is 323 Å². The average molecular weight is 847 g/mol. The van der Waals surface area contributed by atoms with Gasteiger partial charge in [-0.25, -0.2) is 0 Å². The van der Waals surface area contributed by atoms with Crippen molar-refractivity contribution in [3.05, 3.63) is 58.7 Å². The summed E-state index contributed by atoms with van der Waals surface area (Å²) in [4.78, 5) is 2.73. The van der Waals surface area contributed by atoms with Crippen LogP contribution < -0.4 is 0 Å². The van der Waals surface area contributed by atoms with Gasteiger partial charge in [-0.3, -0.25) is 0 Å². The molecule has 2 aromatic carbocycles. The lowest BCUT2D eigenvalue weighted by atomic mass is 10.1. The van der Waals surface area contributed by atoms with Crippen LogP contribution in [0.5, 0.6) is 0 Å². The minimum absolute atomic E-state index is 0.617. The fraction of sp³-hybridized carbons (Fsp3) is 0.625. The molecule has 0 aromatic heterocycles. The molecule has 0 radical (unpaired) electrons. The molecule has 6 nitrogen and oxygen atoms in total. The normalized spacial score (nSPS) is 12.2. The van der Waals surface area contributed by atoms with Crippen molar-refractivity contribution in [2.75, 3.05) is 39.6 Å². The molecule has 0 saturated carbocycles. The van der Waals surface area contributed by atoms with E-state index in [0.717, 1.165) is 37.8 Å². The first-order valence-electron chi connectivity index (χ1n) is 16.7. The maximum atomic E-state index is 6.07. The molecule has 0 N–H and O–H groups in total. The largest absolute Gasteiger partial charge is 0.500 e. The third-order valence-electron chi connectivity index (χ3n) is 7.00. The van der Waals surface area contributed by atoms with E-state index in [1.54, 1.807) is 0 Å². The third kappa shape index (κ3) is 16.6. The molecule has 2 rings (SSSR count). The van der Waals surface area contributed by atoms with Crippen LogP contribution in [0.15, 0.2) is 46.2 Å². The van der Waals surface area contributed by atoms with Crippen LogP contribution in [0.4, 0.5) is 0 Å². The first-order valence-corrected chi connectivity index (χ1v) is 30.7. The number of rotatable bonds is 29. The summed E-state index contributed by atoms with van der Waals surface area (Å²) in [5.41, 5.74) is 5.41. The maximum Gasteiger partial charge on any atom is 0.500 e. The second-order valence-electron chi connectivity index (χ2n) is 10.4. The Morgan fingerprint density at radius 2 is 0.771 bits per heavy atom. The zero-order valence-corrected chi connectivity index (χ0v) is 38.2. The van der Waals surface area contributed by atoms with Gasteiger partial charge in [0.25, 0.3) is 0 Å². The Bertz CT molecular complexity index is 1030. The molecule has 2 aromatic rings. The van der Waals surface area contributed by atoms with Gasteiger partial charge in [0, 0.05) is 61.5 Å². The van der Waals surface area contributed by atoms with Crippen LogP contribution in [0, 0.1) is 13.8 Å². The van der Waals surface area contributed by atoms with E-state index in [0.29, 0.717) is 39.6 Å². The first kappa shape index (κ1) is 45.6. The van der Waals surface area contributed by atoms with Crippen molar-refractivity contribution in [2.45, 2.75) is 103 Å². The molecule has 0 atom stereocenters. The summed E-state index contributed by atoms with van der Waals surface area (Å²) in [5, 5.41) is 0. The van der Waals surface area contributed by atoms with Crippen molar-refractivity contribution in [2.24, 2.45) is 0 Å². The van der Waals surface area contributed by atoms with Crippen molar-refractivity contribution in [3.63, 3.8) is 0 Å². The van der Waals surface area contributed by atoms with Gasteiger partial charge in [-0.2, -0.15) is 0 Å². The summed E-state index contributed by atoms with van der Waals surface area (Å²) in [6.07, 6.45) is 3.93. The Morgan fingerprint density at radius 3 is 1.08 bits per heavy atom. The van der Waals surface area contributed by atoms with Gasteiger partial charge >= 0.3 is 17.6 Å². The predicted octanol–water partition coefficient (Wildman–Crippen LogP) is 13.0. The molecule has 48 heavy (non-hydrogen) atoms. The highest BCUT2D eigenvalue weighted by Crippen LogP contribution is 2.59. The molecule has 0 saturated heterocycles. The van der Waals surface area contributed by atoms with Gasteiger partial charge in [-0.15, -0.1) is 0 Å². The highest BCUT2D eigenvalue weighted by molar-refractivity contribution is 9.48. The number of hydrogen-bond acceptors (Lipinski definition) is 14. The summed E-state index contributed by atoms with van der Waals surface area (Å²) in [6.45, 7) is 20.2. The van der Waals surface area contributed by atoms with Gasteiger partial charge in [0.2, 0.25) is 0 Å². The molecule has 274 valence electrons. The van der Waals surface area contributed by atoms with Crippen LogP contribution in [0.3, 0.4) is 0 Å². The Kier molecular flexibility index (Phi) is 25.7. The van der Waals surface area contributed by atoms with Gasteiger partial charge in [-0.1, -0.05) is 36.4 Å². The monoisotopic (exact) mass is 846 g/mol. The topological polar surface area (TPSA) is 55.4 Å². The zero-order chi connectivity index (χ0) is 35.1. The van der Waals surface area contributed by atoms with Crippen molar-refractivity contribution < 1.29 is 26.6 Å². The van der Waals surface area contributed by atoms with E-state index in [-0.39, 0.29) is 0 Å². The van der Waals surface area contributed by atoms with Crippen molar-refractivity contribution >= 4 is 98.2 Å². The third-order valence-corrected chi connectivity index (χ3v) is 28.7. The van der Waals surface area contributed by atoms with Crippen molar-refractivity contribution in [1.82, 2.24) is 0 Å². The van der Waals surface area contributed by atoms with Gasteiger partial charge in [0.1, 0.15) is 0 Å². The van der Waals surface area contributed by atoms with Gasteiger partial charge < -0.3 is 26.6 Å². The molecular formula is C32H54O6S8Si2. The van der Waals surface area contributed by atoms with Gasteiger partial charge in [0.05, 0.1) is 0 Å². The van der Waals surface area contributed by atoms with Crippen LogP contribution in [0.2, 0.25) is 12.1 Å². The van der Waals surface area contributed by atoms with Gasteiger partial charge in [-0.05, 0) is 184 Å². The quantitative estimate of drug-likeness (QED) is 0.0443. The second-order valence-corrected chi connectivity index (χ2v) is 28.6. The van der Waals surface area contributed by atoms with E-state index in [2.05, 4.69) is 50.2 Å². The van der Waals surface area contributed by atoms with Crippen LogP contribution in [-0.2, 0) is 39.4 Å². The summed E-state index contributed by atoms with van der Waals surface area (Å²) >= 11 is 0. The molecule has 0 heterocycles. The van der Waals surface area contributed by atoms with Gasteiger partial charge in [0.15, 0.2) is 0 Å². The summed E-state index contributed by atoms with van der Waals surface area (Å²) in [7, 11) is 9.43. The SMILES string of the molecule is CCO[Si](CCCc1cccc(C)c1SSSSSSSSc1c(C)cccc1CCC[Si](OCC)(OCC)OCC)(OCC)OCC. The van der Waals surface area contributed by atoms with Crippen molar-refractivity contribution in [3.8, 4) is 0 Å². The Morgan fingerprint density at radius 1 is 0.458 bits per heavy atom. The van der Waals surface area contributed by atoms with E-state index in [1.165, 1.54) is 32.0 Å². The second kappa shape index (κ2) is 27.1. The highest BCUT2D eigenvalue weighted by Gasteiger charge is 2.40. The fourth-order valence-corrected chi connectivity index (χ4v) is 27.8. The van der Waals surface area contributed by atoms with Crippen LogP contribution in [0.25, 0.3) is 0 Å². The van der Waals surface area contributed by atoms with E-state index >= 15 is 0 Å². The first-order chi connectivity index (χ1) is 23.3. The lowest BCUT2D eigenvalue weighted by molar-refractivity contribution is 0.0700. The molecule has 0 bridgehead atoms. The smallest absolute Gasteiger partial charge is 0.374 e. The van der Waals surface area contributed by atoms with Crippen LogP contribution in [0.1, 0.15) is 76.6 Å². The molecule has 0 amide bonds. The standard InChI is InChI=1S/C32H54O6S8Si2/c1-9-33-47(34-10-2,35-11-3)25-17-23-29-21-15-19-27(7)31(29)39-41-43-45-46-44-42-40-32-28(8)20-16-22-30(32)24-18-26-48(36-12-4,37-13-5)38-14-6/h15-16,19-22H,9-14,17-18,23-26H2,1-8H3. The van der Waals surface area contributed by atoms with Crippen LogP contribution in [-0.4, -0.2) is 57.3 Å². The summed E-state index contributed by atoms with van der Waals surface area (Å²) in [5.74, 6) is 0. The van der Waals surface area contributed by atoms with Crippen LogP contribution >= 0.6 is 80.5 Å². The predicted molar refractivity (Wildman–Crippen MR) is 227 cm³/mol. The van der Waals surface area contributed by atoms with E-state index in [9.17, 15) is 0 Å². The number of benzene rings is 2. The molecule has 0 fully saturated rings. The van der Waals surface area contributed by atoms with E-state index in [4.69, 9.17) is 26.6 Å². The minimum Gasteiger partial charge on any atom is -0.374 e. The number of hydrogen-bond donors (Lipinski definition) is 0. The summed E-state index contributed by atoms with van der Waals surface area (Å²) < 4.78 is 36.4. The molecule has 0 spiro atoms. The lowest BCUT2D eigenvalue weighted by Crippen LogP contribution is -2.46. The molecule has 0 unspecified atom stereocenters. The minimum atomic E-state index is -2.62. The molecular weight excluding hydrogens is 793 g/mol. The van der Waals surface area contributed by atoms with E-state index in [1.807, 2.05) is 122 Å².